The molecule has 2 aromatic carbocycles. The maximum Gasteiger partial charge on any atom is -0.0184 e. The van der Waals surface area contributed by atoms with Crippen LogP contribution in [0.4, 0.5) is 0 Å². The Labute approximate surface area is 254 Å². The Hall–Kier alpha value is -2.86. The van der Waals surface area contributed by atoms with Gasteiger partial charge in [0.15, 0.2) is 0 Å². The van der Waals surface area contributed by atoms with E-state index in [-0.39, 0.29) is 22.3 Å². The van der Waals surface area contributed by atoms with Gasteiger partial charge >= 0.3 is 0 Å². The minimum Gasteiger partial charge on any atom is -0.0961 e. The highest BCUT2D eigenvalue weighted by Gasteiger charge is 1.96. The van der Waals surface area contributed by atoms with Gasteiger partial charge in [0.25, 0.3) is 0 Å². The van der Waals surface area contributed by atoms with Crippen LogP contribution < -0.4 is 0 Å². The Kier molecular flexibility index (Phi) is 42.7. The summed E-state index contributed by atoms with van der Waals surface area (Å²) >= 11 is 0. The molecular weight excluding hydrogens is 480 g/mol. The third kappa shape index (κ3) is 28.2. The van der Waals surface area contributed by atoms with Gasteiger partial charge in [-0.2, -0.15) is 0 Å². The van der Waals surface area contributed by atoms with Crippen LogP contribution >= 0.6 is 0 Å². The van der Waals surface area contributed by atoms with E-state index >= 15 is 0 Å². The SMILES string of the molecule is C.C.C.C=C(C)/C=C\C(C)=C/C.CC.CC.CC.CC1=CC=C(C)CC1.Cc1ccc(-c2ccc(C)cc2)cc1. The average molecular weight is 551 g/mol. The fourth-order valence-electron chi connectivity index (χ4n) is 2.71. The van der Waals surface area contributed by atoms with Crippen molar-refractivity contribution in [3.63, 3.8) is 0 Å². The highest BCUT2D eigenvalue weighted by atomic mass is 14.0. The molecule has 230 valence electrons. The zero-order chi connectivity index (χ0) is 29.2. The third-order valence-electron chi connectivity index (χ3n) is 5.09. The smallest absolute Gasteiger partial charge is 0.0184 e. The van der Waals surface area contributed by atoms with E-state index < -0.39 is 0 Å². The van der Waals surface area contributed by atoms with Crippen molar-refractivity contribution in [1.29, 1.82) is 0 Å². The summed E-state index contributed by atoms with van der Waals surface area (Å²) in [6.07, 6.45) is 13.1. The van der Waals surface area contributed by atoms with E-state index in [0.717, 1.165) is 5.57 Å². The summed E-state index contributed by atoms with van der Waals surface area (Å²) in [5.41, 5.74) is 10.6. The van der Waals surface area contributed by atoms with Gasteiger partial charge in [-0.25, -0.2) is 0 Å². The quantitative estimate of drug-likeness (QED) is 0.333. The highest BCUT2D eigenvalue weighted by molar-refractivity contribution is 5.63. The van der Waals surface area contributed by atoms with Crippen LogP contribution in [0.2, 0.25) is 0 Å². The molecular formula is C40H70. The summed E-state index contributed by atoms with van der Waals surface area (Å²) in [7, 11) is 0. The lowest BCUT2D eigenvalue weighted by Crippen LogP contribution is -1.85. The van der Waals surface area contributed by atoms with Gasteiger partial charge in [0.05, 0.1) is 0 Å². The Morgan fingerprint density at radius 2 is 0.875 bits per heavy atom. The molecule has 40 heavy (non-hydrogen) atoms. The van der Waals surface area contributed by atoms with Crippen molar-refractivity contribution < 1.29 is 0 Å². The molecule has 0 nitrogen and oxygen atoms in total. The standard InChI is InChI=1S/C14H14.C9H14.C8H12.3C2H6.3CH4/c1-11-3-7-13(8-4-11)14-9-5-12(2)6-10-14;1-5-9(4)7-6-8(2)3;1-7-3-5-8(2)6-4-7;3*1-2;;;/h3-10H,1-2H3;5-7H,2H2,1,3-4H3;3,5H,4,6H2,1-2H3;3*1-2H3;3*1H4/b;7-6-,9-5-;;;;;;;. The Morgan fingerprint density at radius 3 is 1.10 bits per heavy atom. The predicted octanol–water partition coefficient (Wildman–Crippen LogP) is 14.7. The van der Waals surface area contributed by atoms with E-state index in [4.69, 9.17) is 0 Å². The first-order chi connectivity index (χ1) is 17.7. The summed E-state index contributed by atoms with van der Waals surface area (Å²) in [5, 5.41) is 0. The van der Waals surface area contributed by atoms with Crippen LogP contribution in [0.1, 0.15) is 122 Å². The number of hydrogen-bond acceptors (Lipinski definition) is 0. The first-order valence-corrected chi connectivity index (χ1v) is 14.1. The predicted molar refractivity (Wildman–Crippen MR) is 196 cm³/mol. The molecule has 0 atom stereocenters. The van der Waals surface area contributed by atoms with Crippen LogP contribution in [0.25, 0.3) is 11.1 Å². The zero-order valence-electron chi connectivity index (χ0n) is 26.6. The van der Waals surface area contributed by atoms with Gasteiger partial charge in [-0.1, -0.05) is 183 Å². The lowest BCUT2D eigenvalue weighted by Gasteiger charge is -2.05. The molecule has 2 aromatic rings. The number of hydrogen-bond donors (Lipinski definition) is 0. The minimum absolute atomic E-state index is 0. The molecule has 0 aromatic heterocycles. The summed E-state index contributed by atoms with van der Waals surface area (Å²) < 4.78 is 0. The first-order valence-electron chi connectivity index (χ1n) is 14.1. The van der Waals surface area contributed by atoms with Gasteiger partial charge in [-0.05, 0) is 72.4 Å². The molecule has 0 bridgehead atoms. The van der Waals surface area contributed by atoms with Gasteiger partial charge in [0.2, 0.25) is 0 Å². The molecule has 0 heteroatoms. The van der Waals surface area contributed by atoms with Crippen molar-refractivity contribution in [1.82, 2.24) is 0 Å². The van der Waals surface area contributed by atoms with Gasteiger partial charge in [-0.3, -0.25) is 0 Å². The Bertz CT molecular complexity index is 865. The van der Waals surface area contributed by atoms with Crippen LogP contribution in [0.15, 0.2) is 108 Å². The van der Waals surface area contributed by atoms with Crippen molar-refractivity contribution in [2.75, 3.05) is 0 Å². The van der Waals surface area contributed by atoms with Crippen LogP contribution in [-0.2, 0) is 0 Å². The molecule has 0 fully saturated rings. The van der Waals surface area contributed by atoms with Gasteiger partial charge in [-0.15, -0.1) is 0 Å². The van der Waals surface area contributed by atoms with Gasteiger partial charge < -0.3 is 0 Å². The minimum atomic E-state index is 0. The zero-order valence-corrected chi connectivity index (χ0v) is 26.6. The summed E-state index contributed by atoms with van der Waals surface area (Å²) in [4.78, 5) is 0. The van der Waals surface area contributed by atoms with Crippen molar-refractivity contribution >= 4 is 0 Å². The van der Waals surface area contributed by atoms with Crippen molar-refractivity contribution in [2.45, 2.75) is 125 Å². The Morgan fingerprint density at radius 1 is 0.575 bits per heavy atom. The maximum absolute atomic E-state index is 3.75. The molecule has 1 aliphatic carbocycles. The Balaban J connectivity index is -0.0000000989. The molecule has 0 aliphatic heterocycles. The molecule has 0 radical (unpaired) electrons. The van der Waals surface area contributed by atoms with Gasteiger partial charge in [0, 0.05) is 0 Å². The highest BCUT2D eigenvalue weighted by Crippen LogP contribution is 2.20. The van der Waals surface area contributed by atoms with Crippen LogP contribution in [0.3, 0.4) is 0 Å². The normalized spacial score (nSPS) is 10.8. The first kappa shape index (κ1) is 50.0. The summed E-state index contributed by atoms with van der Waals surface area (Å²) in [6, 6.07) is 17.3. The molecule has 0 saturated carbocycles. The third-order valence-corrected chi connectivity index (χ3v) is 5.09. The summed E-state index contributed by atoms with van der Waals surface area (Å²) in [5.74, 6) is 0. The van der Waals surface area contributed by atoms with E-state index in [1.165, 1.54) is 51.8 Å². The molecule has 0 amide bonds. The molecule has 0 saturated heterocycles. The number of rotatable bonds is 3. The molecule has 0 unspecified atom stereocenters. The monoisotopic (exact) mass is 551 g/mol. The molecule has 0 N–H and O–H groups in total. The van der Waals surface area contributed by atoms with Crippen LogP contribution in [0.5, 0.6) is 0 Å². The number of benzene rings is 2. The van der Waals surface area contributed by atoms with Crippen molar-refractivity contribution in [3.05, 3.63) is 119 Å². The van der Waals surface area contributed by atoms with E-state index in [9.17, 15) is 0 Å². The molecule has 1 aliphatic rings. The van der Waals surface area contributed by atoms with E-state index in [2.05, 4.69) is 114 Å². The second-order valence-corrected chi connectivity index (χ2v) is 8.47. The lowest BCUT2D eigenvalue weighted by atomic mass is 10.0. The van der Waals surface area contributed by atoms with Crippen molar-refractivity contribution in [3.8, 4) is 11.1 Å². The lowest BCUT2D eigenvalue weighted by molar-refractivity contribution is 0.906. The number of allylic oxidation sites excluding steroid dienone is 9. The van der Waals surface area contributed by atoms with E-state index in [1.54, 1.807) is 0 Å². The number of aryl methyl sites for hydroxylation is 2. The summed E-state index contributed by atoms with van der Waals surface area (Å²) in [6.45, 7) is 30.4. The topological polar surface area (TPSA) is 0 Å². The second kappa shape index (κ2) is 34.2. The fraction of sp³-hybridized carbons (Fsp3) is 0.450. The van der Waals surface area contributed by atoms with Gasteiger partial charge in [0.1, 0.15) is 0 Å². The van der Waals surface area contributed by atoms with Crippen LogP contribution in [-0.4, -0.2) is 0 Å². The van der Waals surface area contributed by atoms with E-state index in [1.807, 2.05) is 61.5 Å². The maximum atomic E-state index is 3.75. The van der Waals surface area contributed by atoms with Crippen LogP contribution in [0, 0.1) is 13.8 Å². The van der Waals surface area contributed by atoms with E-state index in [0.29, 0.717) is 0 Å². The average Bonchev–Trinajstić information content (AvgIpc) is 2.94. The largest absolute Gasteiger partial charge is 0.0961 e. The fourth-order valence-corrected chi connectivity index (χ4v) is 2.71. The second-order valence-electron chi connectivity index (χ2n) is 8.47. The van der Waals surface area contributed by atoms with Crippen molar-refractivity contribution in [2.24, 2.45) is 0 Å². The molecule has 3 rings (SSSR count). The molecule has 0 spiro atoms. The molecule has 0 heterocycles.